The molecule has 2 aromatic rings. The van der Waals surface area contributed by atoms with Crippen molar-refractivity contribution in [2.24, 2.45) is 0 Å². The Bertz CT molecular complexity index is 670. The van der Waals surface area contributed by atoms with Crippen molar-refractivity contribution in [3.8, 4) is 5.75 Å². The van der Waals surface area contributed by atoms with Gasteiger partial charge in [-0.25, -0.2) is 4.79 Å². The summed E-state index contributed by atoms with van der Waals surface area (Å²) in [5.74, 6) is 0.390. The van der Waals surface area contributed by atoms with E-state index in [0.717, 1.165) is 11.3 Å². The van der Waals surface area contributed by atoms with Crippen molar-refractivity contribution in [1.29, 1.82) is 0 Å². The summed E-state index contributed by atoms with van der Waals surface area (Å²) in [6.45, 7) is 5.68. The Morgan fingerprint density at radius 2 is 1.71 bits per heavy atom. The van der Waals surface area contributed by atoms with Crippen LogP contribution in [-0.4, -0.2) is 19.2 Å². The lowest BCUT2D eigenvalue weighted by molar-refractivity contribution is -0.153. The largest absolute Gasteiger partial charge is 0.495 e. The highest BCUT2D eigenvalue weighted by Crippen LogP contribution is 2.35. The fourth-order valence-electron chi connectivity index (χ4n) is 2.69. The number of methoxy groups -OCH3 is 1. The van der Waals surface area contributed by atoms with Gasteiger partial charge in [-0.3, -0.25) is 0 Å². The van der Waals surface area contributed by atoms with Gasteiger partial charge in [0.05, 0.1) is 18.9 Å². The number of esters is 1. The molecule has 2 rings (SSSR count). The van der Waals surface area contributed by atoms with Crippen LogP contribution < -0.4 is 10.1 Å². The third kappa shape index (κ3) is 3.70. The molecule has 2 aromatic carbocycles. The van der Waals surface area contributed by atoms with Crippen LogP contribution >= 0.6 is 0 Å². The molecule has 0 heterocycles. The van der Waals surface area contributed by atoms with E-state index in [-0.39, 0.29) is 12.1 Å². The maximum absolute atomic E-state index is 13.0. The number of ether oxygens (including phenoxy) is 2. The molecule has 0 unspecified atom stereocenters. The molecule has 128 valence electrons. The summed E-state index contributed by atoms with van der Waals surface area (Å²) >= 11 is 0. The Balaban J connectivity index is 2.51. The van der Waals surface area contributed by atoms with Gasteiger partial charge in [-0.15, -0.1) is 0 Å². The molecule has 0 amide bonds. The summed E-state index contributed by atoms with van der Waals surface area (Å²) in [5, 5.41) is 3.38. The number of para-hydroxylation sites is 2. The third-order valence-electron chi connectivity index (χ3n) is 3.94. The highest BCUT2D eigenvalue weighted by Gasteiger charge is 2.41. The van der Waals surface area contributed by atoms with Crippen molar-refractivity contribution < 1.29 is 14.3 Å². The Kier molecular flexibility index (Phi) is 5.85. The number of hydrogen-bond acceptors (Lipinski definition) is 4. The van der Waals surface area contributed by atoms with Crippen LogP contribution in [0, 0.1) is 0 Å². The summed E-state index contributed by atoms with van der Waals surface area (Å²) in [5.41, 5.74) is 0.649. The average Bonchev–Trinajstić information content (AvgIpc) is 2.60. The van der Waals surface area contributed by atoms with Gasteiger partial charge in [-0.05, 0) is 38.0 Å². The number of benzene rings is 2. The normalized spacial score (nSPS) is 13.2. The van der Waals surface area contributed by atoms with Gasteiger partial charge >= 0.3 is 5.97 Å². The minimum Gasteiger partial charge on any atom is -0.495 e. The Morgan fingerprint density at radius 3 is 2.29 bits per heavy atom. The van der Waals surface area contributed by atoms with Gasteiger partial charge in [-0.2, -0.15) is 0 Å². The van der Waals surface area contributed by atoms with Gasteiger partial charge in [-0.1, -0.05) is 49.4 Å². The van der Waals surface area contributed by atoms with E-state index in [1.807, 2.05) is 75.4 Å². The van der Waals surface area contributed by atoms with E-state index in [0.29, 0.717) is 12.2 Å². The highest BCUT2D eigenvalue weighted by molar-refractivity contribution is 5.87. The third-order valence-corrected chi connectivity index (χ3v) is 3.94. The number of nitrogens with one attached hydrogen (secondary N) is 1. The summed E-state index contributed by atoms with van der Waals surface area (Å²) in [7, 11) is 1.61. The molecule has 0 saturated heterocycles. The maximum Gasteiger partial charge on any atom is 0.336 e. The zero-order chi connectivity index (χ0) is 17.6. The number of hydrogen-bond donors (Lipinski definition) is 1. The standard InChI is InChI=1S/C20H25NO3/c1-5-20(19(22)24-15(2)3,16-11-7-6-8-12-16)21-17-13-9-10-14-18(17)23-4/h6-15,21H,5H2,1-4H3/t20-/m0/s1. The minimum atomic E-state index is -0.972. The van der Waals surface area contributed by atoms with Crippen LogP contribution in [0.25, 0.3) is 0 Å². The zero-order valence-electron chi connectivity index (χ0n) is 14.7. The van der Waals surface area contributed by atoms with Crippen LogP contribution in [0.3, 0.4) is 0 Å². The van der Waals surface area contributed by atoms with Crippen LogP contribution in [0.4, 0.5) is 5.69 Å². The zero-order valence-corrected chi connectivity index (χ0v) is 14.7. The highest BCUT2D eigenvalue weighted by atomic mass is 16.5. The van der Waals surface area contributed by atoms with Gasteiger partial charge in [0.25, 0.3) is 0 Å². The number of carbonyl (C=O) groups is 1. The molecule has 0 aromatic heterocycles. The van der Waals surface area contributed by atoms with Gasteiger partial charge in [0.15, 0.2) is 5.54 Å². The van der Waals surface area contributed by atoms with Crippen molar-refractivity contribution in [3.05, 3.63) is 60.2 Å². The van der Waals surface area contributed by atoms with Crippen LogP contribution in [0.15, 0.2) is 54.6 Å². The molecular weight excluding hydrogens is 302 g/mol. The summed E-state index contributed by atoms with van der Waals surface area (Å²) in [6.07, 6.45) is 0.354. The van der Waals surface area contributed by atoms with E-state index in [1.54, 1.807) is 7.11 Å². The van der Waals surface area contributed by atoms with Crippen molar-refractivity contribution >= 4 is 11.7 Å². The monoisotopic (exact) mass is 327 g/mol. The first-order valence-electron chi connectivity index (χ1n) is 8.21. The lowest BCUT2D eigenvalue weighted by Crippen LogP contribution is -2.45. The van der Waals surface area contributed by atoms with Gasteiger partial charge in [0.2, 0.25) is 0 Å². The van der Waals surface area contributed by atoms with Gasteiger partial charge in [0, 0.05) is 0 Å². The molecule has 0 radical (unpaired) electrons. The SMILES string of the molecule is CC[C@@](Nc1ccccc1OC)(C(=O)OC(C)C)c1ccccc1. The van der Waals surface area contributed by atoms with E-state index in [9.17, 15) is 4.79 Å². The number of anilines is 1. The van der Waals surface area contributed by atoms with E-state index < -0.39 is 5.54 Å². The molecular formula is C20H25NO3. The summed E-state index contributed by atoms with van der Waals surface area (Å²) in [6, 6.07) is 17.2. The number of rotatable bonds is 7. The lowest BCUT2D eigenvalue weighted by Gasteiger charge is -2.34. The molecule has 0 saturated carbocycles. The summed E-state index contributed by atoms with van der Waals surface area (Å²) in [4.78, 5) is 13.0. The van der Waals surface area contributed by atoms with Crippen LogP contribution in [0.5, 0.6) is 5.75 Å². The fraction of sp³-hybridized carbons (Fsp3) is 0.350. The summed E-state index contributed by atoms with van der Waals surface area (Å²) < 4.78 is 11.0. The molecule has 4 heteroatoms. The lowest BCUT2D eigenvalue weighted by atomic mass is 9.86. The molecule has 24 heavy (non-hydrogen) atoms. The molecule has 1 atom stereocenters. The van der Waals surface area contributed by atoms with Crippen LogP contribution in [0.1, 0.15) is 32.8 Å². The first kappa shape index (κ1) is 17.9. The predicted molar refractivity (Wildman–Crippen MR) is 96.3 cm³/mol. The molecule has 4 nitrogen and oxygen atoms in total. The van der Waals surface area contributed by atoms with E-state index >= 15 is 0 Å². The van der Waals surface area contributed by atoms with E-state index in [1.165, 1.54) is 0 Å². The topological polar surface area (TPSA) is 47.6 Å². The van der Waals surface area contributed by atoms with E-state index in [4.69, 9.17) is 9.47 Å². The second-order valence-corrected chi connectivity index (χ2v) is 5.90. The van der Waals surface area contributed by atoms with Crippen LogP contribution in [-0.2, 0) is 15.1 Å². The second-order valence-electron chi connectivity index (χ2n) is 5.90. The van der Waals surface area contributed by atoms with Crippen molar-refractivity contribution in [1.82, 2.24) is 0 Å². The quantitative estimate of drug-likeness (QED) is 0.767. The first-order valence-corrected chi connectivity index (χ1v) is 8.21. The first-order chi connectivity index (χ1) is 11.5. The molecule has 0 aliphatic heterocycles. The Morgan fingerprint density at radius 1 is 1.08 bits per heavy atom. The van der Waals surface area contributed by atoms with Crippen molar-refractivity contribution in [2.75, 3.05) is 12.4 Å². The average molecular weight is 327 g/mol. The molecule has 0 spiro atoms. The molecule has 0 aliphatic rings. The predicted octanol–water partition coefficient (Wildman–Crippen LogP) is 4.36. The van der Waals surface area contributed by atoms with E-state index in [2.05, 4.69) is 5.32 Å². The minimum absolute atomic E-state index is 0.188. The Labute approximate surface area is 143 Å². The van der Waals surface area contributed by atoms with Gasteiger partial charge < -0.3 is 14.8 Å². The Hall–Kier alpha value is -2.49. The van der Waals surface area contributed by atoms with Crippen molar-refractivity contribution in [3.63, 3.8) is 0 Å². The molecule has 0 fully saturated rings. The molecule has 0 bridgehead atoms. The second kappa shape index (κ2) is 7.86. The van der Waals surface area contributed by atoms with Crippen molar-refractivity contribution in [2.45, 2.75) is 38.8 Å². The molecule has 0 aliphatic carbocycles. The molecule has 1 N–H and O–H groups in total. The fourth-order valence-corrected chi connectivity index (χ4v) is 2.69. The smallest absolute Gasteiger partial charge is 0.336 e. The number of carbonyl (C=O) groups excluding carboxylic acids is 1. The van der Waals surface area contributed by atoms with Gasteiger partial charge in [0.1, 0.15) is 5.75 Å². The maximum atomic E-state index is 13.0. The van der Waals surface area contributed by atoms with Crippen LogP contribution in [0.2, 0.25) is 0 Å².